The molecular weight excluding hydrogens is 386 g/mol. The van der Waals surface area contributed by atoms with Crippen LogP contribution in [0.2, 0.25) is 0 Å². The third-order valence-corrected chi connectivity index (χ3v) is 5.92. The largest absolute Gasteiger partial charge is 0.461 e. The number of hydrogen-bond acceptors (Lipinski definition) is 4. The molecular formula is C26H17N3O2. The predicted octanol–water partition coefficient (Wildman–Crippen LogP) is 5.23. The molecule has 2 aliphatic heterocycles. The van der Waals surface area contributed by atoms with E-state index in [0.29, 0.717) is 0 Å². The molecule has 1 fully saturated rings. The molecule has 2 aliphatic rings. The molecule has 1 saturated heterocycles. The molecule has 0 radical (unpaired) electrons. The molecule has 5 nitrogen and oxygen atoms in total. The van der Waals surface area contributed by atoms with Crippen molar-refractivity contribution in [2.24, 2.45) is 0 Å². The summed E-state index contributed by atoms with van der Waals surface area (Å²) < 4.78 is 11.9. The Morgan fingerprint density at radius 3 is 2.61 bits per heavy atom. The fraction of sp³-hybridized carbons (Fsp3) is 0.0769. The highest BCUT2D eigenvalue weighted by Crippen LogP contribution is 2.43. The van der Waals surface area contributed by atoms with Gasteiger partial charge in [0.1, 0.15) is 22.9 Å². The lowest BCUT2D eigenvalue weighted by Crippen LogP contribution is -2.04. The molecule has 148 valence electrons. The Kier molecular flexibility index (Phi) is 3.40. The number of aromatic nitrogens is 3. The van der Waals surface area contributed by atoms with Crippen molar-refractivity contribution in [3.8, 4) is 11.4 Å². The number of nitrogens with zero attached hydrogens (tertiary/aromatic N) is 3. The maximum atomic E-state index is 6.15. The normalized spacial score (nSPS) is 19.3. The van der Waals surface area contributed by atoms with E-state index in [0.717, 1.165) is 49.9 Å². The van der Waals surface area contributed by atoms with Crippen LogP contribution in [0.5, 0.6) is 5.75 Å². The number of fused-ring (bicyclic) bond motifs is 5. The highest BCUT2D eigenvalue weighted by molar-refractivity contribution is 6.03. The van der Waals surface area contributed by atoms with E-state index >= 15 is 0 Å². The van der Waals surface area contributed by atoms with Crippen LogP contribution in [0.15, 0.2) is 84.9 Å². The molecule has 0 bridgehead atoms. The molecule has 4 aromatic carbocycles. The third-order valence-electron chi connectivity index (χ3n) is 5.92. The second-order valence-corrected chi connectivity index (χ2v) is 7.87. The van der Waals surface area contributed by atoms with Gasteiger partial charge in [0.2, 0.25) is 6.29 Å². The molecule has 0 spiro atoms. The van der Waals surface area contributed by atoms with Crippen LogP contribution in [0, 0.1) is 0 Å². The molecule has 7 rings (SSSR count). The van der Waals surface area contributed by atoms with Crippen molar-refractivity contribution >= 4 is 33.5 Å². The number of hydrogen-bond donors (Lipinski definition) is 0. The molecule has 5 aromatic rings. The van der Waals surface area contributed by atoms with E-state index in [1.165, 1.54) is 0 Å². The van der Waals surface area contributed by atoms with Crippen LogP contribution in [-0.2, 0) is 4.74 Å². The van der Waals surface area contributed by atoms with E-state index in [1.807, 2.05) is 48.5 Å². The van der Waals surface area contributed by atoms with Crippen molar-refractivity contribution < 1.29 is 9.47 Å². The lowest BCUT2D eigenvalue weighted by Gasteiger charge is -2.08. The lowest BCUT2D eigenvalue weighted by molar-refractivity contribution is 0.178. The summed E-state index contributed by atoms with van der Waals surface area (Å²) in [6, 6.07) is 28.7. The van der Waals surface area contributed by atoms with Gasteiger partial charge in [-0.05, 0) is 40.8 Å². The first-order chi connectivity index (χ1) is 15.3. The van der Waals surface area contributed by atoms with Gasteiger partial charge in [-0.1, -0.05) is 60.7 Å². The zero-order valence-electron chi connectivity index (χ0n) is 16.5. The van der Waals surface area contributed by atoms with Crippen molar-refractivity contribution in [3.63, 3.8) is 0 Å². The highest BCUT2D eigenvalue weighted by Gasteiger charge is 2.46. The van der Waals surface area contributed by atoms with Crippen LogP contribution < -0.4 is 4.74 Å². The van der Waals surface area contributed by atoms with Gasteiger partial charge in [0.05, 0.1) is 5.69 Å². The summed E-state index contributed by atoms with van der Waals surface area (Å²) in [4.78, 5) is 1.68. The Morgan fingerprint density at radius 1 is 0.806 bits per heavy atom. The molecule has 5 heteroatoms. The van der Waals surface area contributed by atoms with Gasteiger partial charge in [-0.2, -0.15) is 4.80 Å². The number of ether oxygens (including phenoxy) is 2. The predicted molar refractivity (Wildman–Crippen MR) is 120 cm³/mol. The average molecular weight is 403 g/mol. The van der Waals surface area contributed by atoms with Gasteiger partial charge in [-0.15, -0.1) is 10.2 Å². The van der Waals surface area contributed by atoms with Gasteiger partial charge in [-0.3, -0.25) is 0 Å². The zero-order valence-corrected chi connectivity index (χ0v) is 16.5. The van der Waals surface area contributed by atoms with Crippen molar-refractivity contribution in [2.75, 3.05) is 0 Å². The van der Waals surface area contributed by atoms with Crippen LogP contribution in [0.1, 0.15) is 11.1 Å². The number of benzene rings is 4. The van der Waals surface area contributed by atoms with Crippen LogP contribution >= 0.6 is 0 Å². The maximum absolute atomic E-state index is 6.15. The first-order valence-electron chi connectivity index (χ1n) is 10.3. The summed E-state index contributed by atoms with van der Waals surface area (Å²) in [5.74, 6) is 0.780. The summed E-state index contributed by atoms with van der Waals surface area (Å²) in [5, 5.41) is 11.7. The Balaban J connectivity index is 1.34. The molecule has 31 heavy (non-hydrogen) atoms. The fourth-order valence-electron chi connectivity index (χ4n) is 4.29. The van der Waals surface area contributed by atoms with E-state index in [2.05, 4.69) is 42.5 Å². The Morgan fingerprint density at radius 2 is 1.68 bits per heavy atom. The van der Waals surface area contributed by atoms with Gasteiger partial charge in [-0.25, -0.2) is 0 Å². The van der Waals surface area contributed by atoms with E-state index in [4.69, 9.17) is 19.7 Å². The van der Waals surface area contributed by atoms with Gasteiger partial charge in [0.15, 0.2) is 0 Å². The van der Waals surface area contributed by atoms with E-state index in [1.54, 1.807) is 4.80 Å². The second kappa shape index (κ2) is 6.27. The average Bonchev–Trinajstić information content (AvgIpc) is 3.46. The Labute approximate surface area is 178 Å². The van der Waals surface area contributed by atoms with Crippen LogP contribution in [0.3, 0.4) is 0 Å². The minimum absolute atomic E-state index is 0.0324. The van der Waals surface area contributed by atoms with Crippen LogP contribution in [0.4, 0.5) is 0 Å². The maximum Gasteiger partial charge on any atom is 0.231 e. The molecule has 0 N–H and O–H groups in total. The summed E-state index contributed by atoms with van der Waals surface area (Å²) in [7, 11) is 0. The van der Waals surface area contributed by atoms with Crippen molar-refractivity contribution in [2.45, 2.75) is 12.4 Å². The van der Waals surface area contributed by atoms with Gasteiger partial charge in [0, 0.05) is 17.0 Å². The van der Waals surface area contributed by atoms with E-state index in [-0.39, 0.29) is 12.4 Å². The van der Waals surface area contributed by atoms with Gasteiger partial charge < -0.3 is 9.47 Å². The van der Waals surface area contributed by atoms with Crippen LogP contribution in [-0.4, -0.2) is 27.4 Å². The Bertz CT molecular complexity index is 1500. The molecule has 1 aromatic heterocycles. The number of epoxide rings is 1. The number of rotatable bonds is 2. The summed E-state index contributed by atoms with van der Waals surface area (Å²) in [6.45, 7) is 0. The van der Waals surface area contributed by atoms with E-state index < -0.39 is 0 Å². The summed E-state index contributed by atoms with van der Waals surface area (Å²) >= 11 is 0. The fourth-order valence-corrected chi connectivity index (χ4v) is 4.29. The minimum atomic E-state index is -0.253. The second-order valence-electron chi connectivity index (χ2n) is 7.87. The topological polar surface area (TPSA) is 52.5 Å². The molecule has 2 atom stereocenters. The smallest absolute Gasteiger partial charge is 0.231 e. The SMILES string of the molecule is C1=C(c2ccccc2)C2OC2Oc2cc(-n3nc4ccc5ccccc5c4n3)ccc21. The molecule has 0 saturated carbocycles. The van der Waals surface area contributed by atoms with Gasteiger partial charge >= 0.3 is 0 Å². The van der Waals surface area contributed by atoms with Crippen molar-refractivity contribution in [3.05, 3.63) is 96.1 Å². The third kappa shape index (κ3) is 2.67. The standard InChI is InChI=1S/C26H17N3O2/c1-2-6-16(7-3-1)21-14-18-10-12-19(15-23(18)30-26-25(21)31-26)29-27-22-13-11-17-8-4-5-9-20(17)24(22)28-29/h1-15,25-26H. The first-order valence-corrected chi connectivity index (χ1v) is 10.3. The van der Waals surface area contributed by atoms with Crippen LogP contribution in [0.25, 0.3) is 39.1 Å². The summed E-state index contributed by atoms with van der Waals surface area (Å²) in [5.41, 5.74) is 5.94. The quantitative estimate of drug-likeness (QED) is 0.379. The van der Waals surface area contributed by atoms with Crippen molar-refractivity contribution in [1.29, 1.82) is 0 Å². The van der Waals surface area contributed by atoms with E-state index in [9.17, 15) is 0 Å². The summed E-state index contributed by atoms with van der Waals surface area (Å²) in [6.07, 6.45) is 1.87. The molecule has 0 amide bonds. The Hall–Kier alpha value is -3.96. The molecule has 2 unspecified atom stereocenters. The van der Waals surface area contributed by atoms with Crippen molar-refractivity contribution in [1.82, 2.24) is 15.0 Å². The minimum Gasteiger partial charge on any atom is -0.461 e. The molecule has 3 heterocycles. The highest BCUT2D eigenvalue weighted by atomic mass is 16.8. The molecule has 0 aliphatic carbocycles. The lowest BCUT2D eigenvalue weighted by atomic mass is 10.00. The zero-order chi connectivity index (χ0) is 20.4. The monoisotopic (exact) mass is 403 g/mol. The first kappa shape index (κ1) is 16.8. The van der Waals surface area contributed by atoms with Gasteiger partial charge in [0.25, 0.3) is 0 Å².